The molecule has 1 aromatic rings. The van der Waals surface area contributed by atoms with Crippen molar-refractivity contribution in [2.45, 2.75) is 25.8 Å². The standard InChI is InChI=1S/C13H14BrNO/c1-9(7-13(16)15-12-5-6-12)10-3-2-4-11(14)8-10/h2-4,7-8,12H,5-6H2,1H3,(H,15,16)/b9-7+. The summed E-state index contributed by atoms with van der Waals surface area (Å²) < 4.78 is 1.03. The van der Waals surface area contributed by atoms with Gasteiger partial charge in [-0.2, -0.15) is 0 Å². The van der Waals surface area contributed by atoms with E-state index in [-0.39, 0.29) is 5.91 Å². The maximum absolute atomic E-state index is 11.6. The second kappa shape index (κ2) is 4.83. The van der Waals surface area contributed by atoms with Crippen LogP contribution in [0.15, 0.2) is 34.8 Å². The Bertz CT molecular complexity index is 435. The van der Waals surface area contributed by atoms with Gasteiger partial charge in [0.2, 0.25) is 5.91 Å². The van der Waals surface area contributed by atoms with Gasteiger partial charge in [0, 0.05) is 16.6 Å². The third kappa shape index (κ3) is 3.20. The van der Waals surface area contributed by atoms with Crippen molar-refractivity contribution in [1.82, 2.24) is 5.32 Å². The second-order valence-corrected chi connectivity index (χ2v) is 5.04. The molecule has 0 aliphatic heterocycles. The molecule has 16 heavy (non-hydrogen) atoms. The van der Waals surface area contributed by atoms with Crippen LogP contribution in [0, 0.1) is 0 Å². The zero-order valence-electron chi connectivity index (χ0n) is 9.16. The summed E-state index contributed by atoms with van der Waals surface area (Å²) in [7, 11) is 0. The van der Waals surface area contributed by atoms with E-state index in [1.807, 2.05) is 31.2 Å². The number of carbonyl (C=O) groups is 1. The molecule has 1 N–H and O–H groups in total. The Hall–Kier alpha value is -1.09. The lowest BCUT2D eigenvalue weighted by molar-refractivity contribution is -0.116. The van der Waals surface area contributed by atoms with Crippen LogP contribution in [-0.4, -0.2) is 11.9 Å². The van der Waals surface area contributed by atoms with Crippen LogP contribution in [0.25, 0.3) is 5.57 Å². The molecule has 1 amide bonds. The number of halogens is 1. The zero-order valence-corrected chi connectivity index (χ0v) is 10.8. The average Bonchev–Trinajstić information content (AvgIpc) is 3.01. The number of allylic oxidation sites excluding steroid dienone is 1. The van der Waals surface area contributed by atoms with E-state index in [2.05, 4.69) is 21.2 Å². The third-order valence-corrected chi connectivity index (χ3v) is 3.04. The first-order valence-electron chi connectivity index (χ1n) is 5.40. The van der Waals surface area contributed by atoms with Gasteiger partial charge in [-0.15, -0.1) is 0 Å². The van der Waals surface area contributed by atoms with Crippen LogP contribution >= 0.6 is 15.9 Å². The van der Waals surface area contributed by atoms with Crippen LogP contribution in [0.3, 0.4) is 0 Å². The van der Waals surface area contributed by atoms with Crippen molar-refractivity contribution in [2.75, 3.05) is 0 Å². The van der Waals surface area contributed by atoms with E-state index in [4.69, 9.17) is 0 Å². The highest BCUT2D eigenvalue weighted by atomic mass is 79.9. The van der Waals surface area contributed by atoms with Crippen molar-refractivity contribution in [1.29, 1.82) is 0 Å². The molecule has 0 unspecified atom stereocenters. The van der Waals surface area contributed by atoms with Crippen LogP contribution in [0.5, 0.6) is 0 Å². The number of hydrogen-bond acceptors (Lipinski definition) is 1. The Balaban J connectivity index is 2.07. The number of carbonyl (C=O) groups excluding carboxylic acids is 1. The summed E-state index contributed by atoms with van der Waals surface area (Å²) >= 11 is 3.42. The number of nitrogens with one attached hydrogen (secondary N) is 1. The first kappa shape index (κ1) is 11.4. The SMILES string of the molecule is C/C(=C\C(=O)NC1CC1)c1cccc(Br)c1. The molecule has 3 heteroatoms. The minimum Gasteiger partial charge on any atom is -0.350 e. The van der Waals surface area contributed by atoms with Crippen molar-refractivity contribution in [2.24, 2.45) is 0 Å². The van der Waals surface area contributed by atoms with Gasteiger partial charge < -0.3 is 5.32 Å². The van der Waals surface area contributed by atoms with Crippen molar-refractivity contribution < 1.29 is 4.79 Å². The molecule has 0 heterocycles. The van der Waals surface area contributed by atoms with Crippen LogP contribution < -0.4 is 5.32 Å². The summed E-state index contributed by atoms with van der Waals surface area (Å²) in [4.78, 5) is 11.6. The minimum atomic E-state index is 0.0139. The van der Waals surface area contributed by atoms with Gasteiger partial charge in [-0.3, -0.25) is 4.79 Å². The molecule has 0 aromatic heterocycles. The van der Waals surface area contributed by atoms with E-state index < -0.39 is 0 Å². The fourth-order valence-electron chi connectivity index (χ4n) is 1.48. The normalized spacial score (nSPS) is 16.0. The summed E-state index contributed by atoms with van der Waals surface area (Å²) in [5.74, 6) is 0.0139. The van der Waals surface area contributed by atoms with Crippen molar-refractivity contribution in [3.8, 4) is 0 Å². The first-order valence-corrected chi connectivity index (χ1v) is 6.19. The Morgan fingerprint density at radius 1 is 1.50 bits per heavy atom. The quantitative estimate of drug-likeness (QED) is 0.847. The van der Waals surface area contributed by atoms with Crippen LogP contribution in [0.2, 0.25) is 0 Å². The van der Waals surface area contributed by atoms with Crippen molar-refractivity contribution >= 4 is 27.4 Å². The lowest BCUT2D eigenvalue weighted by atomic mass is 10.1. The van der Waals surface area contributed by atoms with Gasteiger partial charge in [0.05, 0.1) is 0 Å². The monoisotopic (exact) mass is 279 g/mol. The van der Waals surface area contributed by atoms with Gasteiger partial charge >= 0.3 is 0 Å². The molecule has 1 aromatic carbocycles. The molecule has 1 saturated carbocycles. The predicted octanol–water partition coefficient (Wildman–Crippen LogP) is 3.13. The molecule has 0 saturated heterocycles. The Morgan fingerprint density at radius 2 is 2.25 bits per heavy atom. The van der Waals surface area contributed by atoms with E-state index in [1.54, 1.807) is 6.08 Å². The number of benzene rings is 1. The highest BCUT2D eigenvalue weighted by molar-refractivity contribution is 9.10. The van der Waals surface area contributed by atoms with Crippen LogP contribution in [0.1, 0.15) is 25.3 Å². The second-order valence-electron chi connectivity index (χ2n) is 4.12. The number of amides is 1. The Kier molecular flexibility index (Phi) is 3.44. The first-order chi connectivity index (χ1) is 7.65. The predicted molar refractivity (Wildman–Crippen MR) is 69.0 cm³/mol. The van der Waals surface area contributed by atoms with Gasteiger partial charge in [0.1, 0.15) is 0 Å². The smallest absolute Gasteiger partial charge is 0.244 e. The maximum Gasteiger partial charge on any atom is 0.244 e. The summed E-state index contributed by atoms with van der Waals surface area (Å²) in [5.41, 5.74) is 2.06. The molecule has 1 aliphatic rings. The van der Waals surface area contributed by atoms with E-state index in [0.717, 1.165) is 28.5 Å². The van der Waals surface area contributed by atoms with Crippen molar-refractivity contribution in [3.63, 3.8) is 0 Å². The maximum atomic E-state index is 11.6. The topological polar surface area (TPSA) is 29.1 Å². The van der Waals surface area contributed by atoms with Gasteiger partial charge in [-0.25, -0.2) is 0 Å². The third-order valence-electron chi connectivity index (χ3n) is 2.55. The van der Waals surface area contributed by atoms with Gasteiger partial charge in [0.25, 0.3) is 0 Å². The lowest BCUT2D eigenvalue weighted by Crippen LogP contribution is -2.23. The van der Waals surface area contributed by atoms with Crippen LogP contribution in [-0.2, 0) is 4.79 Å². The average molecular weight is 280 g/mol. The molecule has 0 radical (unpaired) electrons. The molecule has 2 rings (SSSR count). The largest absolute Gasteiger partial charge is 0.350 e. The van der Waals surface area contributed by atoms with Gasteiger partial charge in [0.15, 0.2) is 0 Å². The highest BCUT2D eigenvalue weighted by Gasteiger charge is 2.22. The molecule has 1 fully saturated rings. The molecule has 84 valence electrons. The summed E-state index contributed by atoms with van der Waals surface area (Å²) in [6.07, 6.45) is 3.91. The molecule has 0 atom stereocenters. The fraction of sp³-hybridized carbons (Fsp3) is 0.308. The van der Waals surface area contributed by atoms with Crippen molar-refractivity contribution in [3.05, 3.63) is 40.4 Å². The number of hydrogen-bond donors (Lipinski definition) is 1. The Morgan fingerprint density at radius 3 is 2.88 bits per heavy atom. The van der Waals surface area contributed by atoms with E-state index >= 15 is 0 Å². The Labute approximate surface area is 104 Å². The molecular formula is C13H14BrNO. The molecule has 0 bridgehead atoms. The van der Waals surface area contributed by atoms with Gasteiger partial charge in [-0.1, -0.05) is 28.1 Å². The molecular weight excluding hydrogens is 266 g/mol. The van der Waals surface area contributed by atoms with E-state index in [0.29, 0.717) is 6.04 Å². The highest BCUT2D eigenvalue weighted by Crippen LogP contribution is 2.20. The zero-order chi connectivity index (χ0) is 11.5. The molecule has 1 aliphatic carbocycles. The lowest BCUT2D eigenvalue weighted by Gasteiger charge is -2.03. The summed E-state index contributed by atoms with van der Waals surface area (Å²) in [5, 5.41) is 2.94. The fourth-order valence-corrected chi connectivity index (χ4v) is 1.88. The minimum absolute atomic E-state index is 0.0139. The van der Waals surface area contributed by atoms with Crippen LogP contribution in [0.4, 0.5) is 0 Å². The van der Waals surface area contributed by atoms with Gasteiger partial charge in [-0.05, 0) is 43.0 Å². The van der Waals surface area contributed by atoms with E-state index in [9.17, 15) is 4.79 Å². The van der Waals surface area contributed by atoms with E-state index in [1.165, 1.54) is 0 Å². The summed E-state index contributed by atoms with van der Waals surface area (Å²) in [6.45, 7) is 1.95. The molecule has 0 spiro atoms. The number of rotatable bonds is 3. The molecule has 2 nitrogen and oxygen atoms in total. The summed E-state index contributed by atoms with van der Waals surface area (Å²) in [6, 6.07) is 8.37.